The quantitative estimate of drug-likeness (QED) is 0.638. The van der Waals surface area contributed by atoms with Crippen molar-refractivity contribution in [2.75, 3.05) is 11.9 Å². The second-order valence-electron chi connectivity index (χ2n) is 5.86. The number of nitrogens with zero attached hydrogens (tertiary/aromatic N) is 1. The van der Waals surface area contributed by atoms with Gasteiger partial charge in [-0.2, -0.15) is 0 Å². The van der Waals surface area contributed by atoms with Gasteiger partial charge in [0.25, 0.3) is 11.5 Å². The number of halogens is 1. The summed E-state index contributed by atoms with van der Waals surface area (Å²) >= 11 is 3.39. The van der Waals surface area contributed by atoms with Crippen LogP contribution in [0.15, 0.2) is 76.1 Å². The van der Waals surface area contributed by atoms with Gasteiger partial charge in [0.1, 0.15) is 11.3 Å². The Balaban J connectivity index is 1.84. The van der Waals surface area contributed by atoms with Gasteiger partial charge in [-0.05, 0) is 48.9 Å². The Bertz CT molecular complexity index is 997. The van der Waals surface area contributed by atoms with Crippen LogP contribution in [0, 0.1) is 0 Å². The smallest absolute Gasteiger partial charge is 0.263 e. The molecule has 0 aliphatic carbocycles. The van der Waals surface area contributed by atoms with E-state index in [1.54, 1.807) is 30.5 Å². The number of ether oxygens (including phenoxy) is 1. The Morgan fingerprint density at radius 2 is 1.81 bits per heavy atom. The standard InChI is InChI=1S/C21H19BrN2O3/c1-2-27-19-8-4-3-7-18(19)23-20(25)17-6-5-13-24(21(17)26)14-15-9-11-16(22)12-10-15/h3-13H,2,14H2,1H3,(H,23,25). The lowest BCUT2D eigenvalue weighted by Gasteiger charge is -2.12. The maximum atomic E-state index is 12.7. The van der Waals surface area contributed by atoms with E-state index in [-0.39, 0.29) is 11.1 Å². The van der Waals surface area contributed by atoms with Gasteiger partial charge in [0.05, 0.1) is 18.8 Å². The van der Waals surface area contributed by atoms with Crippen molar-refractivity contribution in [3.05, 3.63) is 92.8 Å². The van der Waals surface area contributed by atoms with Crippen molar-refractivity contribution in [2.24, 2.45) is 0 Å². The number of carbonyl (C=O) groups is 1. The lowest BCUT2D eigenvalue weighted by atomic mass is 10.2. The Hall–Kier alpha value is -2.86. The molecular weight excluding hydrogens is 408 g/mol. The van der Waals surface area contributed by atoms with Gasteiger partial charge in [-0.15, -0.1) is 0 Å². The number of para-hydroxylation sites is 2. The van der Waals surface area contributed by atoms with E-state index in [1.807, 2.05) is 37.3 Å². The van der Waals surface area contributed by atoms with E-state index < -0.39 is 5.91 Å². The zero-order valence-corrected chi connectivity index (χ0v) is 16.4. The molecule has 0 saturated heterocycles. The summed E-state index contributed by atoms with van der Waals surface area (Å²) in [5.74, 6) is 0.108. The maximum Gasteiger partial charge on any atom is 0.263 e. The highest BCUT2D eigenvalue weighted by atomic mass is 79.9. The van der Waals surface area contributed by atoms with Crippen molar-refractivity contribution >= 4 is 27.5 Å². The molecule has 2 aromatic carbocycles. The van der Waals surface area contributed by atoms with Crippen molar-refractivity contribution in [3.8, 4) is 5.75 Å². The first kappa shape index (κ1) is 18.9. The predicted octanol–water partition coefficient (Wildman–Crippen LogP) is 4.31. The Kier molecular flexibility index (Phi) is 6.08. The number of pyridine rings is 1. The maximum absolute atomic E-state index is 12.7. The monoisotopic (exact) mass is 426 g/mol. The van der Waals surface area contributed by atoms with Crippen LogP contribution in [0.1, 0.15) is 22.8 Å². The number of amides is 1. The van der Waals surface area contributed by atoms with Crippen LogP contribution < -0.4 is 15.6 Å². The van der Waals surface area contributed by atoms with Crippen molar-refractivity contribution in [3.63, 3.8) is 0 Å². The van der Waals surface area contributed by atoms with Gasteiger partial charge < -0.3 is 14.6 Å². The molecule has 1 N–H and O–H groups in total. The van der Waals surface area contributed by atoms with Crippen LogP contribution in [0.3, 0.4) is 0 Å². The number of carbonyl (C=O) groups excluding carboxylic acids is 1. The van der Waals surface area contributed by atoms with Crippen LogP contribution in [0.4, 0.5) is 5.69 Å². The first-order chi connectivity index (χ1) is 13.1. The average Bonchev–Trinajstić information content (AvgIpc) is 2.67. The molecule has 0 spiro atoms. The van der Waals surface area contributed by atoms with Gasteiger partial charge in [0.2, 0.25) is 0 Å². The third-order valence-corrected chi connectivity index (χ3v) is 4.49. The van der Waals surface area contributed by atoms with E-state index >= 15 is 0 Å². The van der Waals surface area contributed by atoms with Gasteiger partial charge in [0.15, 0.2) is 0 Å². The summed E-state index contributed by atoms with van der Waals surface area (Å²) in [4.78, 5) is 25.4. The first-order valence-electron chi connectivity index (χ1n) is 8.55. The summed E-state index contributed by atoms with van der Waals surface area (Å²) in [7, 11) is 0. The van der Waals surface area contributed by atoms with E-state index in [9.17, 15) is 9.59 Å². The third kappa shape index (κ3) is 4.65. The Morgan fingerprint density at radius 1 is 1.07 bits per heavy atom. The number of hydrogen-bond donors (Lipinski definition) is 1. The molecule has 1 amide bonds. The summed E-state index contributed by atoms with van der Waals surface area (Å²) in [5, 5.41) is 2.77. The minimum atomic E-state index is -0.461. The van der Waals surface area contributed by atoms with Crippen LogP contribution in [0.25, 0.3) is 0 Å². The first-order valence-corrected chi connectivity index (χ1v) is 9.35. The SMILES string of the molecule is CCOc1ccccc1NC(=O)c1cccn(Cc2ccc(Br)cc2)c1=O. The second kappa shape index (κ2) is 8.68. The number of hydrogen-bond acceptors (Lipinski definition) is 3. The molecule has 0 atom stereocenters. The van der Waals surface area contributed by atoms with Crippen LogP contribution in [-0.2, 0) is 6.54 Å². The molecule has 6 heteroatoms. The fourth-order valence-electron chi connectivity index (χ4n) is 2.66. The van der Waals surface area contributed by atoms with Crippen molar-refractivity contribution in [2.45, 2.75) is 13.5 Å². The Labute approximate surface area is 165 Å². The largest absolute Gasteiger partial charge is 0.492 e. The van der Waals surface area contributed by atoms with Gasteiger partial charge in [0, 0.05) is 10.7 Å². The molecular formula is C21H19BrN2O3. The number of nitrogens with one attached hydrogen (secondary N) is 1. The molecule has 5 nitrogen and oxygen atoms in total. The summed E-state index contributed by atoms with van der Waals surface area (Å²) in [6.07, 6.45) is 1.68. The average molecular weight is 427 g/mol. The van der Waals surface area contributed by atoms with Gasteiger partial charge in [-0.1, -0.05) is 40.2 Å². The molecule has 0 bridgehead atoms. The molecule has 1 aromatic heterocycles. The Morgan fingerprint density at radius 3 is 2.56 bits per heavy atom. The minimum absolute atomic E-state index is 0.0842. The molecule has 3 rings (SSSR count). The molecule has 138 valence electrons. The fraction of sp³-hybridized carbons (Fsp3) is 0.143. The molecule has 0 aliphatic heterocycles. The summed E-state index contributed by atoms with van der Waals surface area (Å²) in [6.45, 7) is 2.75. The van der Waals surface area contributed by atoms with Gasteiger partial charge >= 0.3 is 0 Å². The molecule has 1 heterocycles. The van der Waals surface area contributed by atoms with Crippen molar-refractivity contribution in [1.82, 2.24) is 4.57 Å². The number of anilines is 1. The predicted molar refractivity (Wildman–Crippen MR) is 110 cm³/mol. The molecule has 3 aromatic rings. The van der Waals surface area contributed by atoms with E-state index in [0.717, 1.165) is 10.0 Å². The number of benzene rings is 2. The number of rotatable bonds is 6. The lowest BCUT2D eigenvalue weighted by Crippen LogP contribution is -2.29. The molecule has 0 unspecified atom stereocenters. The zero-order valence-electron chi connectivity index (χ0n) is 14.8. The highest BCUT2D eigenvalue weighted by Crippen LogP contribution is 2.24. The van der Waals surface area contributed by atoms with E-state index in [0.29, 0.717) is 24.6 Å². The molecule has 0 fully saturated rings. The minimum Gasteiger partial charge on any atom is -0.492 e. The van der Waals surface area contributed by atoms with Crippen molar-refractivity contribution in [1.29, 1.82) is 0 Å². The molecule has 27 heavy (non-hydrogen) atoms. The number of aromatic nitrogens is 1. The third-order valence-electron chi connectivity index (χ3n) is 3.97. The van der Waals surface area contributed by atoms with Crippen LogP contribution in [0.2, 0.25) is 0 Å². The van der Waals surface area contributed by atoms with Crippen LogP contribution in [-0.4, -0.2) is 17.1 Å². The van der Waals surface area contributed by atoms with Gasteiger partial charge in [-0.3, -0.25) is 9.59 Å². The zero-order chi connectivity index (χ0) is 19.2. The van der Waals surface area contributed by atoms with E-state index in [1.165, 1.54) is 10.6 Å². The topological polar surface area (TPSA) is 60.3 Å². The highest BCUT2D eigenvalue weighted by Gasteiger charge is 2.14. The molecule has 0 aliphatic rings. The van der Waals surface area contributed by atoms with E-state index in [4.69, 9.17) is 4.74 Å². The van der Waals surface area contributed by atoms with Crippen molar-refractivity contribution < 1.29 is 9.53 Å². The second-order valence-corrected chi connectivity index (χ2v) is 6.78. The van der Waals surface area contributed by atoms with Crippen LogP contribution in [0.5, 0.6) is 5.75 Å². The fourth-order valence-corrected chi connectivity index (χ4v) is 2.93. The van der Waals surface area contributed by atoms with E-state index in [2.05, 4.69) is 21.2 Å². The highest BCUT2D eigenvalue weighted by molar-refractivity contribution is 9.10. The summed E-state index contributed by atoms with van der Waals surface area (Å²) in [5.41, 5.74) is 1.25. The van der Waals surface area contributed by atoms with Crippen LogP contribution >= 0.6 is 15.9 Å². The van der Waals surface area contributed by atoms with Gasteiger partial charge in [-0.25, -0.2) is 0 Å². The summed E-state index contributed by atoms with van der Waals surface area (Å²) in [6, 6.07) is 18.1. The molecule has 0 radical (unpaired) electrons. The summed E-state index contributed by atoms with van der Waals surface area (Å²) < 4.78 is 8.01. The lowest BCUT2D eigenvalue weighted by molar-refractivity contribution is 0.102. The molecule has 0 saturated carbocycles. The normalized spacial score (nSPS) is 10.4.